The van der Waals surface area contributed by atoms with Crippen LogP contribution in [0.5, 0.6) is 5.75 Å². The molecule has 1 aromatic carbocycles. The van der Waals surface area contributed by atoms with Crippen LogP contribution in [0, 0.1) is 5.92 Å². The van der Waals surface area contributed by atoms with Crippen molar-refractivity contribution in [2.75, 3.05) is 0 Å². The van der Waals surface area contributed by atoms with Crippen LogP contribution in [-0.2, 0) is 6.42 Å². The molecule has 2 aromatic rings. The van der Waals surface area contributed by atoms with Gasteiger partial charge in [0.25, 0.3) is 0 Å². The van der Waals surface area contributed by atoms with Crippen LogP contribution in [0.15, 0.2) is 28.8 Å². The molecule has 1 heterocycles. The Morgan fingerprint density at radius 1 is 1.33 bits per heavy atom. The fourth-order valence-electron chi connectivity index (χ4n) is 2.98. The van der Waals surface area contributed by atoms with Crippen molar-refractivity contribution < 1.29 is 9.63 Å². The number of nitrogens with two attached hydrogens (primary N) is 1. The Morgan fingerprint density at radius 3 is 2.76 bits per heavy atom. The standard InChI is InChI=1S/C16H21N3O2/c1-10-2-5-12(8-10)15-18-16(21-19-15)14(17)9-11-3-6-13(20)7-4-11/h3-4,6-7,10,12,14,20H,2,5,8-9,17H2,1H3/t10?,12?,14-/m0/s1. The highest BCUT2D eigenvalue weighted by Gasteiger charge is 2.27. The van der Waals surface area contributed by atoms with Gasteiger partial charge in [-0.2, -0.15) is 4.98 Å². The van der Waals surface area contributed by atoms with Gasteiger partial charge in [-0.1, -0.05) is 24.2 Å². The first-order valence-electron chi connectivity index (χ1n) is 7.49. The Morgan fingerprint density at radius 2 is 2.10 bits per heavy atom. The van der Waals surface area contributed by atoms with Crippen molar-refractivity contribution >= 4 is 0 Å². The quantitative estimate of drug-likeness (QED) is 0.903. The summed E-state index contributed by atoms with van der Waals surface area (Å²) in [6.45, 7) is 2.26. The van der Waals surface area contributed by atoms with Crippen LogP contribution in [0.1, 0.15) is 55.4 Å². The number of phenols is 1. The van der Waals surface area contributed by atoms with E-state index < -0.39 is 0 Å². The van der Waals surface area contributed by atoms with E-state index in [0.29, 0.717) is 18.2 Å². The summed E-state index contributed by atoms with van der Waals surface area (Å²) in [6, 6.07) is 6.70. The lowest BCUT2D eigenvalue weighted by Crippen LogP contribution is -2.14. The van der Waals surface area contributed by atoms with Gasteiger partial charge < -0.3 is 15.4 Å². The van der Waals surface area contributed by atoms with Gasteiger partial charge in [-0.3, -0.25) is 0 Å². The van der Waals surface area contributed by atoms with E-state index in [-0.39, 0.29) is 11.8 Å². The normalized spacial score (nSPS) is 23.3. The summed E-state index contributed by atoms with van der Waals surface area (Å²) < 4.78 is 5.33. The van der Waals surface area contributed by atoms with Gasteiger partial charge in [0.15, 0.2) is 5.82 Å². The third kappa shape index (κ3) is 3.24. The number of aromatic nitrogens is 2. The molecule has 0 saturated heterocycles. The van der Waals surface area contributed by atoms with Crippen molar-refractivity contribution in [3.05, 3.63) is 41.5 Å². The molecule has 1 aromatic heterocycles. The molecular formula is C16H21N3O2. The molecule has 0 radical (unpaired) electrons. The second kappa shape index (κ2) is 5.85. The van der Waals surface area contributed by atoms with Gasteiger partial charge in [-0.05, 0) is 49.3 Å². The van der Waals surface area contributed by atoms with Crippen molar-refractivity contribution in [1.82, 2.24) is 10.1 Å². The molecule has 1 saturated carbocycles. The minimum atomic E-state index is -0.311. The molecule has 0 spiro atoms. The third-order valence-corrected chi connectivity index (χ3v) is 4.23. The summed E-state index contributed by atoms with van der Waals surface area (Å²) in [4.78, 5) is 4.49. The molecule has 1 aliphatic carbocycles. The summed E-state index contributed by atoms with van der Waals surface area (Å²) in [7, 11) is 0. The predicted octanol–water partition coefficient (Wildman–Crippen LogP) is 2.92. The summed E-state index contributed by atoms with van der Waals surface area (Å²) in [5, 5.41) is 13.4. The molecule has 0 bridgehead atoms. The maximum atomic E-state index is 9.28. The predicted molar refractivity (Wildman–Crippen MR) is 78.8 cm³/mol. The Kier molecular flexibility index (Phi) is 3.92. The second-order valence-electron chi connectivity index (χ2n) is 6.08. The van der Waals surface area contributed by atoms with E-state index in [1.807, 2.05) is 12.1 Å². The van der Waals surface area contributed by atoms with Crippen molar-refractivity contribution in [1.29, 1.82) is 0 Å². The van der Waals surface area contributed by atoms with Crippen LogP contribution in [0.25, 0.3) is 0 Å². The fourth-order valence-corrected chi connectivity index (χ4v) is 2.98. The largest absolute Gasteiger partial charge is 0.508 e. The first-order valence-corrected chi connectivity index (χ1v) is 7.49. The number of hydrogen-bond acceptors (Lipinski definition) is 5. The van der Waals surface area contributed by atoms with Gasteiger partial charge >= 0.3 is 0 Å². The summed E-state index contributed by atoms with van der Waals surface area (Å²) in [6.07, 6.45) is 4.11. The highest BCUT2D eigenvalue weighted by Crippen LogP contribution is 2.36. The monoisotopic (exact) mass is 287 g/mol. The zero-order chi connectivity index (χ0) is 14.8. The highest BCUT2D eigenvalue weighted by molar-refractivity contribution is 5.26. The van der Waals surface area contributed by atoms with E-state index in [1.54, 1.807) is 12.1 Å². The molecule has 2 unspecified atom stereocenters. The Balaban J connectivity index is 1.66. The topological polar surface area (TPSA) is 85.2 Å². The van der Waals surface area contributed by atoms with E-state index in [1.165, 1.54) is 6.42 Å². The van der Waals surface area contributed by atoms with E-state index in [0.717, 1.165) is 30.1 Å². The van der Waals surface area contributed by atoms with Crippen LogP contribution in [0.3, 0.4) is 0 Å². The van der Waals surface area contributed by atoms with Gasteiger partial charge in [0, 0.05) is 5.92 Å². The van der Waals surface area contributed by atoms with Gasteiger partial charge in [-0.25, -0.2) is 0 Å². The first-order chi connectivity index (χ1) is 10.1. The molecule has 3 N–H and O–H groups in total. The van der Waals surface area contributed by atoms with E-state index in [9.17, 15) is 5.11 Å². The lowest BCUT2D eigenvalue weighted by atomic mass is 10.1. The maximum absolute atomic E-state index is 9.28. The van der Waals surface area contributed by atoms with Crippen LogP contribution in [0.4, 0.5) is 0 Å². The number of hydrogen-bond donors (Lipinski definition) is 2. The minimum Gasteiger partial charge on any atom is -0.508 e. The maximum Gasteiger partial charge on any atom is 0.243 e. The molecule has 5 heteroatoms. The molecule has 1 aliphatic rings. The lowest BCUT2D eigenvalue weighted by molar-refractivity contribution is 0.347. The number of phenolic OH excluding ortho intramolecular Hbond substituents is 1. The zero-order valence-electron chi connectivity index (χ0n) is 12.2. The van der Waals surface area contributed by atoms with Crippen molar-refractivity contribution in [3.63, 3.8) is 0 Å². The lowest BCUT2D eigenvalue weighted by Gasteiger charge is -2.07. The Labute approximate surface area is 124 Å². The molecule has 3 atom stereocenters. The molecule has 0 amide bonds. The van der Waals surface area contributed by atoms with Crippen LogP contribution >= 0.6 is 0 Å². The molecule has 1 fully saturated rings. The number of rotatable bonds is 4. The summed E-state index contributed by atoms with van der Waals surface area (Å²) in [5.41, 5.74) is 7.18. The van der Waals surface area contributed by atoms with Gasteiger partial charge in [-0.15, -0.1) is 0 Å². The van der Waals surface area contributed by atoms with Gasteiger partial charge in [0.1, 0.15) is 5.75 Å². The number of nitrogens with zero attached hydrogens (tertiary/aromatic N) is 2. The summed E-state index contributed by atoms with van der Waals surface area (Å²) in [5.74, 6) is 2.71. The zero-order valence-corrected chi connectivity index (χ0v) is 12.2. The molecule has 21 heavy (non-hydrogen) atoms. The smallest absolute Gasteiger partial charge is 0.243 e. The second-order valence-corrected chi connectivity index (χ2v) is 6.08. The fraction of sp³-hybridized carbons (Fsp3) is 0.500. The van der Waals surface area contributed by atoms with Crippen molar-refractivity contribution in [2.45, 2.75) is 44.6 Å². The first kappa shape index (κ1) is 14.1. The van der Waals surface area contributed by atoms with Crippen LogP contribution in [0.2, 0.25) is 0 Å². The van der Waals surface area contributed by atoms with Crippen LogP contribution < -0.4 is 5.73 Å². The SMILES string of the molecule is CC1CCC(c2noc([C@@H](N)Cc3ccc(O)cc3)n2)C1. The Hall–Kier alpha value is -1.88. The average molecular weight is 287 g/mol. The van der Waals surface area contributed by atoms with Crippen molar-refractivity contribution in [3.8, 4) is 5.75 Å². The molecular weight excluding hydrogens is 266 g/mol. The highest BCUT2D eigenvalue weighted by atomic mass is 16.5. The molecule has 5 nitrogen and oxygen atoms in total. The minimum absolute atomic E-state index is 0.253. The van der Waals surface area contributed by atoms with E-state index in [4.69, 9.17) is 10.3 Å². The van der Waals surface area contributed by atoms with Crippen LogP contribution in [-0.4, -0.2) is 15.2 Å². The molecule has 3 rings (SSSR count). The number of aromatic hydroxyl groups is 1. The molecule has 112 valence electrons. The summed E-state index contributed by atoms with van der Waals surface area (Å²) >= 11 is 0. The third-order valence-electron chi connectivity index (χ3n) is 4.23. The van der Waals surface area contributed by atoms with Crippen molar-refractivity contribution in [2.24, 2.45) is 11.7 Å². The average Bonchev–Trinajstić information content (AvgIpc) is 3.10. The van der Waals surface area contributed by atoms with Gasteiger partial charge in [0.05, 0.1) is 6.04 Å². The van der Waals surface area contributed by atoms with E-state index in [2.05, 4.69) is 17.1 Å². The number of benzene rings is 1. The Bertz CT molecular complexity index is 594. The molecule has 0 aliphatic heterocycles. The van der Waals surface area contributed by atoms with E-state index >= 15 is 0 Å². The van der Waals surface area contributed by atoms with Gasteiger partial charge in [0.2, 0.25) is 5.89 Å².